The molecule has 0 saturated heterocycles. The Morgan fingerprint density at radius 2 is 2.21 bits per heavy atom. The van der Waals surface area contributed by atoms with Gasteiger partial charge in [0.15, 0.2) is 11.6 Å². The van der Waals surface area contributed by atoms with Crippen molar-refractivity contribution in [2.45, 2.75) is 13.5 Å². The van der Waals surface area contributed by atoms with Crippen LogP contribution < -0.4 is 0 Å². The average Bonchev–Trinajstić information content (AvgIpc) is 2.83. The minimum atomic E-state index is -0.993. The number of esters is 1. The normalized spacial score (nSPS) is 10.5. The molecule has 2 rings (SSSR count). The van der Waals surface area contributed by atoms with Crippen molar-refractivity contribution in [3.8, 4) is 0 Å². The van der Waals surface area contributed by atoms with Crippen molar-refractivity contribution in [3.63, 3.8) is 0 Å². The Morgan fingerprint density at radius 3 is 2.95 bits per heavy atom. The van der Waals surface area contributed by atoms with Crippen LogP contribution in [0.15, 0.2) is 18.2 Å². The zero-order chi connectivity index (χ0) is 13.8. The summed E-state index contributed by atoms with van der Waals surface area (Å²) in [5, 5.41) is 10.4. The van der Waals surface area contributed by atoms with E-state index in [0.717, 1.165) is 10.7 Å². The van der Waals surface area contributed by atoms with Gasteiger partial charge in [-0.2, -0.15) is 0 Å². The molecule has 0 bridgehead atoms. The van der Waals surface area contributed by atoms with Gasteiger partial charge in [0.1, 0.15) is 0 Å². The number of ether oxygens (including phenoxy) is 1. The second-order valence-corrected chi connectivity index (χ2v) is 3.59. The smallest absolute Gasteiger partial charge is 0.378 e. The van der Waals surface area contributed by atoms with E-state index in [1.54, 1.807) is 6.92 Å². The molecular formula is C11H10F2N4O2. The lowest BCUT2D eigenvalue weighted by Gasteiger charge is -2.05. The number of carbonyl (C=O) groups is 1. The van der Waals surface area contributed by atoms with Gasteiger partial charge in [-0.05, 0) is 23.4 Å². The van der Waals surface area contributed by atoms with Crippen LogP contribution in [-0.4, -0.2) is 32.8 Å². The van der Waals surface area contributed by atoms with E-state index in [2.05, 4.69) is 15.5 Å². The van der Waals surface area contributed by atoms with E-state index in [4.69, 9.17) is 4.74 Å². The van der Waals surface area contributed by atoms with Gasteiger partial charge in [-0.15, -0.1) is 5.10 Å². The van der Waals surface area contributed by atoms with E-state index in [1.165, 1.54) is 12.1 Å². The zero-order valence-corrected chi connectivity index (χ0v) is 10.0. The van der Waals surface area contributed by atoms with Gasteiger partial charge in [-0.1, -0.05) is 12.1 Å². The number of aromatic nitrogens is 4. The van der Waals surface area contributed by atoms with Gasteiger partial charge in [0.05, 0.1) is 13.2 Å². The van der Waals surface area contributed by atoms with Crippen molar-refractivity contribution in [1.82, 2.24) is 20.2 Å². The molecular weight excluding hydrogens is 258 g/mol. The van der Waals surface area contributed by atoms with E-state index in [-0.39, 0.29) is 24.5 Å². The molecule has 6 nitrogen and oxygen atoms in total. The van der Waals surface area contributed by atoms with Crippen molar-refractivity contribution in [2.75, 3.05) is 6.61 Å². The Kier molecular flexibility index (Phi) is 3.79. The molecule has 0 aliphatic carbocycles. The maximum atomic E-state index is 13.5. The van der Waals surface area contributed by atoms with E-state index in [0.29, 0.717) is 0 Å². The summed E-state index contributed by atoms with van der Waals surface area (Å²) in [7, 11) is 0. The SMILES string of the molecule is CCOC(=O)c1nnnn1Cc1cccc(F)c1F. The van der Waals surface area contributed by atoms with Gasteiger partial charge in [0.25, 0.3) is 5.82 Å². The first kappa shape index (κ1) is 13.1. The van der Waals surface area contributed by atoms with Crippen molar-refractivity contribution in [1.29, 1.82) is 0 Å². The zero-order valence-electron chi connectivity index (χ0n) is 10.0. The van der Waals surface area contributed by atoms with Crippen molar-refractivity contribution >= 4 is 5.97 Å². The Balaban J connectivity index is 2.27. The highest BCUT2D eigenvalue weighted by Crippen LogP contribution is 2.13. The maximum Gasteiger partial charge on any atom is 0.378 e. The molecule has 19 heavy (non-hydrogen) atoms. The Morgan fingerprint density at radius 1 is 1.42 bits per heavy atom. The molecule has 0 aliphatic rings. The standard InChI is InChI=1S/C11H10F2N4O2/c1-2-19-11(18)10-14-15-16-17(10)6-7-4-3-5-8(12)9(7)13/h3-5H,2,6H2,1H3. The van der Waals surface area contributed by atoms with Crippen LogP contribution in [0.2, 0.25) is 0 Å². The number of carbonyl (C=O) groups excluding carboxylic acids is 1. The number of hydrogen-bond acceptors (Lipinski definition) is 5. The first-order valence-electron chi connectivity index (χ1n) is 5.49. The molecule has 0 N–H and O–H groups in total. The van der Waals surface area contributed by atoms with Crippen molar-refractivity contribution in [3.05, 3.63) is 41.2 Å². The molecule has 2 aromatic rings. The first-order chi connectivity index (χ1) is 9.13. The van der Waals surface area contributed by atoms with Gasteiger partial charge >= 0.3 is 5.97 Å². The number of nitrogens with zero attached hydrogens (tertiary/aromatic N) is 4. The molecule has 0 unspecified atom stereocenters. The molecule has 0 fully saturated rings. The number of benzene rings is 1. The van der Waals surface area contributed by atoms with E-state index >= 15 is 0 Å². The predicted molar refractivity (Wildman–Crippen MR) is 59.2 cm³/mol. The summed E-state index contributed by atoms with van der Waals surface area (Å²) in [5.41, 5.74) is 0.0397. The Bertz CT molecular complexity index is 600. The van der Waals surface area contributed by atoms with Crippen LogP contribution in [0.3, 0.4) is 0 Å². The Labute approximate surface area is 107 Å². The third-order valence-electron chi connectivity index (χ3n) is 2.34. The summed E-state index contributed by atoms with van der Waals surface area (Å²) >= 11 is 0. The second kappa shape index (κ2) is 5.51. The molecule has 0 atom stereocenters. The molecule has 0 saturated carbocycles. The highest BCUT2D eigenvalue weighted by atomic mass is 19.2. The van der Waals surface area contributed by atoms with Crippen LogP contribution >= 0.6 is 0 Å². The lowest BCUT2D eigenvalue weighted by molar-refractivity contribution is 0.0505. The fourth-order valence-electron chi connectivity index (χ4n) is 1.48. The maximum absolute atomic E-state index is 13.5. The van der Waals surface area contributed by atoms with Gasteiger partial charge in [-0.3, -0.25) is 0 Å². The molecule has 1 heterocycles. The quantitative estimate of drug-likeness (QED) is 0.779. The van der Waals surface area contributed by atoms with Crippen LogP contribution in [0.5, 0.6) is 0 Å². The van der Waals surface area contributed by atoms with E-state index < -0.39 is 17.6 Å². The number of tetrazole rings is 1. The summed E-state index contributed by atoms with van der Waals surface area (Å²) in [4.78, 5) is 11.5. The number of hydrogen-bond donors (Lipinski definition) is 0. The molecule has 8 heteroatoms. The summed E-state index contributed by atoms with van der Waals surface area (Å²) < 4.78 is 32.4. The van der Waals surface area contributed by atoms with Gasteiger partial charge in [-0.25, -0.2) is 18.3 Å². The van der Waals surface area contributed by atoms with Crippen molar-refractivity contribution < 1.29 is 18.3 Å². The van der Waals surface area contributed by atoms with E-state index in [9.17, 15) is 13.6 Å². The lowest BCUT2D eigenvalue weighted by Crippen LogP contribution is -2.16. The molecule has 100 valence electrons. The summed E-state index contributed by atoms with van der Waals surface area (Å²) in [6.07, 6.45) is 0. The topological polar surface area (TPSA) is 69.9 Å². The van der Waals surface area contributed by atoms with Crippen LogP contribution in [0.25, 0.3) is 0 Å². The van der Waals surface area contributed by atoms with Crippen LogP contribution in [0.4, 0.5) is 8.78 Å². The lowest BCUT2D eigenvalue weighted by atomic mass is 10.2. The predicted octanol–water partition coefficient (Wildman–Crippen LogP) is 1.18. The number of halogens is 2. The highest BCUT2D eigenvalue weighted by Gasteiger charge is 2.18. The third-order valence-corrected chi connectivity index (χ3v) is 2.34. The highest BCUT2D eigenvalue weighted by molar-refractivity contribution is 5.85. The summed E-state index contributed by atoms with van der Waals surface area (Å²) in [6, 6.07) is 3.75. The minimum Gasteiger partial charge on any atom is -0.460 e. The molecule has 0 amide bonds. The molecule has 0 spiro atoms. The fraction of sp³-hybridized carbons (Fsp3) is 0.273. The van der Waals surface area contributed by atoms with Crippen molar-refractivity contribution in [2.24, 2.45) is 0 Å². The molecule has 0 aliphatic heterocycles. The molecule has 0 radical (unpaired) electrons. The van der Waals surface area contributed by atoms with Crippen LogP contribution in [0.1, 0.15) is 23.1 Å². The van der Waals surface area contributed by atoms with E-state index in [1.807, 2.05) is 0 Å². The first-order valence-corrected chi connectivity index (χ1v) is 5.49. The fourth-order valence-corrected chi connectivity index (χ4v) is 1.48. The Hall–Kier alpha value is -2.38. The van der Waals surface area contributed by atoms with Crippen LogP contribution in [-0.2, 0) is 11.3 Å². The minimum absolute atomic E-state index is 0.0397. The summed E-state index contributed by atoms with van der Waals surface area (Å²) in [5.74, 6) is -2.84. The number of rotatable bonds is 4. The molecule has 1 aromatic carbocycles. The summed E-state index contributed by atoms with van der Waals surface area (Å²) in [6.45, 7) is 1.64. The van der Waals surface area contributed by atoms with Gasteiger partial charge in [0, 0.05) is 5.56 Å². The largest absolute Gasteiger partial charge is 0.460 e. The third kappa shape index (κ3) is 2.72. The van der Waals surface area contributed by atoms with Gasteiger partial charge < -0.3 is 4.74 Å². The average molecular weight is 268 g/mol. The van der Waals surface area contributed by atoms with Crippen LogP contribution in [0, 0.1) is 11.6 Å². The monoisotopic (exact) mass is 268 g/mol. The second-order valence-electron chi connectivity index (χ2n) is 3.59. The van der Waals surface area contributed by atoms with Gasteiger partial charge in [0.2, 0.25) is 0 Å². The molecule has 1 aromatic heterocycles.